The standard InChI is InChI=1S/C9H15N3/c1-3-7-6-8(7)11-9-10-4-5-12(9)2/h4-5,7-8H,3,6H2,1-2H3,(H,10,11). The van der Waals surface area contributed by atoms with Gasteiger partial charge < -0.3 is 9.88 Å². The predicted molar refractivity (Wildman–Crippen MR) is 49.0 cm³/mol. The number of anilines is 1. The molecule has 1 saturated carbocycles. The maximum atomic E-state index is 4.22. The Morgan fingerprint density at radius 2 is 2.58 bits per heavy atom. The van der Waals surface area contributed by atoms with Crippen molar-refractivity contribution < 1.29 is 0 Å². The molecule has 0 saturated heterocycles. The first-order valence-corrected chi connectivity index (χ1v) is 4.55. The Morgan fingerprint density at radius 1 is 1.75 bits per heavy atom. The lowest BCUT2D eigenvalue weighted by molar-refractivity contribution is 0.766. The number of hydrogen-bond acceptors (Lipinski definition) is 2. The van der Waals surface area contributed by atoms with Gasteiger partial charge in [0.25, 0.3) is 0 Å². The lowest BCUT2D eigenvalue weighted by Gasteiger charge is -2.03. The number of aromatic nitrogens is 2. The van der Waals surface area contributed by atoms with Crippen LogP contribution in [0.4, 0.5) is 5.95 Å². The Kier molecular flexibility index (Phi) is 1.79. The van der Waals surface area contributed by atoms with Crippen molar-refractivity contribution in [3.63, 3.8) is 0 Å². The van der Waals surface area contributed by atoms with Crippen molar-refractivity contribution >= 4 is 5.95 Å². The zero-order valence-corrected chi connectivity index (χ0v) is 7.62. The van der Waals surface area contributed by atoms with Gasteiger partial charge in [-0.1, -0.05) is 13.3 Å². The van der Waals surface area contributed by atoms with E-state index in [-0.39, 0.29) is 0 Å². The molecule has 3 nitrogen and oxygen atoms in total. The van der Waals surface area contributed by atoms with Crippen LogP contribution < -0.4 is 5.32 Å². The number of imidazole rings is 1. The van der Waals surface area contributed by atoms with Crippen molar-refractivity contribution in [2.24, 2.45) is 13.0 Å². The SMILES string of the molecule is CCC1CC1Nc1nccn1C. The summed E-state index contributed by atoms with van der Waals surface area (Å²) >= 11 is 0. The molecule has 2 unspecified atom stereocenters. The molecule has 66 valence electrons. The van der Waals surface area contributed by atoms with Crippen LogP contribution in [-0.2, 0) is 7.05 Å². The molecular weight excluding hydrogens is 150 g/mol. The molecule has 1 N–H and O–H groups in total. The minimum Gasteiger partial charge on any atom is -0.353 e. The average Bonchev–Trinajstić information content (AvgIpc) is 2.70. The van der Waals surface area contributed by atoms with Crippen LogP contribution >= 0.6 is 0 Å². The van der Waals surface area contributed by atoms with Crippen molar-refractivity contribution in [3.8, 4) is 0 Å². The second-order valence-corrected chi connectivity index (χ2v) is 3.52. The summed E-state index contributed by atoms with van der Waals surface area (Å²) in [5.74, 6) is 1.87. The molecule has 1 aromatic rings. The van der Waals surface area contributed by atoms with Gasteiger partial charge in [0.15, 0.2) is 0 Å². The van der Waals surface area contributed by atoms with Gasteiger partial charge in [0.05, 0.1) is 0 Å². The Labute approximate surface area is 72.8 Å². The van der Waals surface area contributed by atoms with Crippen LogP contribution in [0.5, 0.6) is 0 Å². The fourth-order valence-corrected chi connectivity index (χ4v) is 1.55. The van der Waals surface area contributed by atoms with Gasteiger partial charge in [-0.3, -0.25) is 0 Å². The van der Waals surface area contributed by atoms with Crippen LogP contribution in [0.25, 0.3) is 0 Å². The zero-order valence-electron chi connectivity index (χ0n) is 7.62. The van der Waals surface area contributed by atoms with Crippen molar-refractivity contribution in [2.75, 3.05) is 5.32 Å². The number of hydrogen-bond donors (Lipinski definition) is 1. The third kappa shape index (κ3) is 1.31. The molecule has 1 aliphatic rings. The highest BCUT2D eigenvalue weighted by Crippen LogP contribution is 2.35. The molecule has 1 fully saturated rings. The highest BCUT2D eigenvalue weighted by Gasteiger charge is 2.35. The summed E-state index contributed by atoms with van der Waals surface area (Å²) < 4.78 is 2.02. The third-order valence-electron chi connectivity index (χ3n) is 2.58. The van der Waals surface area contributed by atoms with Crippen molar-refractivity contribution in [1.29, 1.82) is 0 Å². The van der Waals surface area contributed by atoms with Gasteiger partial charge in [-0.2, -0.15) is 0 Å². The first-order valence-electron chi connectivity index (χ1n) is 4.55. The van der Waals surface area contributed by atoms with E-state index in [9.17, 15) is 0 Å². The molecule has 3 heteroatoms. The summed E-state index contributed by atoms with van der Waals surface area (Å²) in [6, 6.07) is 0.677. The summed E-state index contributed by atoms with van der Waals surface area (Å²) in [4.78, 5) is 4.22. The first-order chi connectivity index (χ1) is 5.81. The number of aryl methyl sites for hydroxylation is 1. The second-order valence-electron chi connectivity index (χ2n) is 3.52. The van der Waals surface area contributed by atoms with Gasteiger partial charge in [0, 0.05) is 25.5 Å². The van der Waals surface area contributed by atoms with E-state index in [1.807, 2.05) is 24.0 Å². The van der Waals surface area contributed by atoms with E-state index < -0.39 is 0 Å². The van der Waals surface area contributed by atoms with Crippen LogP contribution in [0.15, 0.2) is 12.4 Å². The summed E-state index contributed by atoms with van der Waals surface area (Å²) in [5, 5.41) is 3.42. The van der Waals surface area contributed by atoms with Crippen LogP contribution in [0, 0.1) is 5.92 Å². The summed E-state index contributed by atoms with van der Waals surface area (Å²) in [6.45, 7) is 2.24. The highest BCUT2D eigenvalue weighted by molar-refractivity contribution is 5.30. The molecule has 0 spiro atoms. The lowest BCUT2D eigenvalue weighted by atomic mass is 10.3. The second kappa shape index (κ2) is 2.81. The molecule has 0 aliphatic heterocycles. The Hall–Kier alpha value is -0.990. The minimum absolute atomic E-state index is 0.677. The molecular formula is C9H15N3. The molecule has 0 bridgehead atoms. The van der Waals surface area contributed by atoms with Gasteiger partial charge in [-0.25, -0.2) is 4.98 Å². The van der Waals surface area contributed by atoms with Crippen molar-refractivity contribution in [1.82, 2.24) is 9.55 Å². The van der Waals surface area contributed by atoms with Crippen LogP contribution in [0.3, 0.4) is 0 Å². The van der Waals surface area contributed by atoms with Gasteiger partial charge >= 0.3 is 0 Å². The lowest BCUT2D eigenvalue weighted by Crippen LogP contribution is -2.08. The molecule has 0 radical (unpaired) electrons. The molecule has 0 amide bonds. The molecule has 2 rings (SSSR count). The summed E-state index contributed by atoms with van der Waals surface area (Å²) in [7, 11) is 2.01. The highest BCUT2D eigenvalue weighted by atomic mass is 15.2. The third-order valence-corrected chi connectivity index (χ3v) is 2.58. The van der Waals surface area contributed by atoms with Gasteiger partial charge in [-0.15, -0.1) is 0 Å². The molecule has 12 heavy (non-hydrogen) atoms. The maximum Gasteiger partial charge on any atom is 0.202 e. The van der Waals surface area contributed by atoms with Crippen LogP contribution in [0.2, 0.25) is 0 Å². The normalized spacial score (nSPS) is 27.2. The largest absolute Gasteiger partial charge is 0.353 e. The monoisotopic (exact) mass is 165 g/mol. The van der Waals surface area contributed by atoms with E-state index in [1.165, 1.54) is 12.8 Å². The van der Waals surface area contributed by atoms with E-state index in [4.69, 9.17) is 0 Å². The Balaban J connectivity index is 1.93. The van der Waals surface area contributed by atoms with E-state index in [0.717, 1.165) is 11.9 Å². The molecule has 2 atom stereocenters. The van der Waals surface area contributed by atoms with Gasteiger partial charge in [-0.05, 0) is 12.3 Å². The Bertz CT molecular complexity index is 266. The predicted octanol–water partition coefficient (Wildman–Crippen LogP) is 1.63. The minimum atomic E-state index is 0.677. The molecule has 1 aromatic heterocycles. The number of nitrogens with zero attached hydrogens (tertiary/aromatic N) is 2. The van der Waals surface area contributed by atoms with E-state index in [2.05, 4.69) is 17.2 Å². The van der Waals surface area contributed by atoms with Crippen molar-refractivity contribution in [3.05, 3.63) is 12.4 Å². The van der Waals surface area contributed by atoms with E-state index in [0.29, 0.717) is 6.04 Å². The first kappa shape index (κ1) is 7.65. The number of rotatable bonds is 3. The Morgan fingerprint density at radius 3 is 3.08 bits per heavy atom. The van der Waals surface area contributed by atoms with Gasteiger partial charge in [0.2, 0.25) is 5.95 Å². The van der Waals surface area contributed by atoms with Crippen molar-refractivity contribution in [2.45, 2.75) is 25.8 Å². The van der Waals surface area contributed by atoms with Gasteiger partial charge in [0.1, 0.15) is 0 Å². The smallest absolute Gasteiger partial charge is 0.202 e. The maximum absolute atomic E-state index is 4.22. The fraction of sp³-hybridized carbons (Fsp3) is 0.667. The quantitative estimate of drug-likeness (QED) is 0.737. The van der Waals surface area contributed by atoms with E-state index >= 15 is 0 Å². The number of nitrogens with one attached hydrogen (secondary N) is 1. The van der Waals surface area contributed by atoms with E-state index in [1.54, 1.807) is 0 Å². The molecule has 1 heterocycles. The summed E-state index contributed by atoms with van der Waals surface area (Å²) in [5.41, 5.74) is 0. The van der Waals surface area contributed by atoms with Crippen LogP contribution in [0.1, 0.15) is 19.8 Å². The topological polar surface area (TPSA) is 29.9 Å². The molecule has 0 aromatic carbocycles. The summed E-state index contributed by atoms with van der Waals surface area (Å²) in [6.07, 6.45) is 6.38. The average molecular weight is 165 g/mol. The van der Waals surface area contributed by atoms with Crippen LogP contribution in [-0.4, -0.2) is 15.6 Å². The molecule has 1 aliphatic carbocycles. The fourth-order valence-electron chi connectivity index (χ4n) is 1.55. The zero-order chi connectivity index (χ0) is 8.55.